The minimum absolute atomic E-state index is 0. The average Bonchev–Trinajstić information content (AvgIpc) is 2.98. The standard InChI is InChI=1S/C17H20N4O2.ClH/c1-11-9-14(23-17-19-7-2-8-20-17)5-6-15(11)21-16(22)12-3-4-13(18)10-12;/h2,5-9,12-13H,3-4,10,18H2,1H3,(H,21,22);1H. The van der Waals surface area contributed by atoms with E-state index in [1.165, 1.54) is 0 Å². The number of nitrogens with two attached hydrogens (primary N) is 1. The molecule has 1 heterocycles. The number of carbonyl (C=O) groups excluding carboxylic acids is 1. The Morgan fingerprint density at radius 3 is 2.67 bits per heavy atom. The van der Waals surface area contributed by atoms with E-state index in [0.717, 1.165) is 30.5 Å². The number of rotatable bonds is 4. The van der Waals surface area contributed by atoms with Gasteiger partial charge in [0.15, 0.2) is 0 Å². The zero-order chi connectivity index (χ0) is 16.2. The average molecular weight is 349 g/mol. The van der Waals surface area contributed by atoms with Gasteiger partial charge in [0, 0.05) is 30.0 Å². The summed E-state index contributed by atoms with van der Waals surface area (Å²) >= 11 is 0. The number of carbonyl (C=O) groups is 1. The van der Waals surface area contributed by atoms with Crippen molar-refractivity contribution in [2.45, 2.75) is 32.2 Å². The zero-order valence-electron chi connectivity index (χ0n) is 13.4. The quantitative estimate of drug-likeness (QED) is 0.886. The van der Waals surface area contributed by atoms with Crippen LogP contribution in [0.1, 0.15) is 24.8 Å². The summed E-state index contributed by atoms with van der Waals surface area (Å²) in [5.41, 5.74) is 7.58. The zero-order valence-corrected chi connectivity index (χ0v) is 14.3. The molecule has 0 spiro atoms. The van der Waals surface area contributed by atoms with Gasteiger partial charge in [-0.2, -0.15) is 0 Å². The molecule has 1 fully saturated rings. The van der Waals surface area contributed by atoms with Gasteiger partial charge in [-0.25, -0.2) is 9.97 Å². The van der Waals surface area contributed by atoms with Crippen molar-refractivity contribution in [3.8, 4) is 11.8 Å². The fraction of sp³-hybridized carbons (Fsp3) is 0.353. The van der Waals surface area contributed by atoms with Crippen LogP contribution in [0.3, 0.4) is 0 Å². The number of aromatic nitrogens is 2. The van der Waals surface area contributed by atoms with E-state index in [0.29, 0.717) is 11.8 Å². The van der Waals surface area contributed by atoms with Crippen LogP contribution < -0.4 is 15.8 Å². The third-order valence-electron chi connectivity index (χ3n) is 4.05. The molecule has 0 aliphatic heterocycles. The van der Waals surface area contributed by atoms with E-state index < -0.39 is 0 Å². The molecule has 1 aliphatic rings. The summed E-state index contributed by atoms with van der Waals surface area (Å²) in [4.78, 5) is 20.3. The molecule has 3 N–H and O–H groups in total. The van der Waals surface area contributed by atoms with E-state index in [4.69, 9.17) is 10.5 Å². The fourth-order valence-electron chi connectivity index (χ4n) is 2.77. The van der Waals surface area contributed by atoms with Crippen molar-refractivity contribution in [2.24, 2.45) is 11.7 Å². The van der Waals surface area contributed by atoms with E-state index in [-0.39, 0.29) is 30.3 Å². The van der Waals surface area contributed by atoms with Crippen LogP contribution in [0.25, 0.3) is 0 Å². The molecule has 1 aromatic carbocycles. The summed E-state index contributed by atoms with van der Waals surface area (Å²) in [7, 11) is 0. The van der Waals surface area contributed by atoms with Crippen molar-refractivity contribution in [1.29, 1.82) is 0 Å². The van der Waals surface area contributed by atoms with Crippen LogP contribution in [0.5, 0.6) is 11.8 Å². The second-order valence-electron chi connectivity index (χ2n) is 5.87. The number of hydrogen-bond donors (Lipinski definition) is 2. The molecule has 0 radical (unpaired) electrons. The molecule has 2 atom stereocenters. The first-order valence-electron chi connectivity index (χ1n) is 7.74. The Balaban J connectivity index is 0.00000208. The van der Waals surface area contributed by atoms with Gasteiger partial charge in [-0.3, -0.25) is 4.79 Å². The van der Waals surface area contributed by atoms with Gasteiger partial charge in [-0.15, -0.1) is 12.4 Å². The lowest BCUT2D eigenvalue weighted by molar-refractivity contribution is -0.119. The molecular formula is C17H21ClN4O2. The van der Waals surface area contributed by atoms with Gasteiger partial charge < -0.3 is 15.8 Å². The Bertz CT molecular complexity index is 696. The molecule has 0 bridgehead atoms. The second kappa shape index (κ2) is 8.08. The predicted octanol–water partition coefficient (Wildman–Crippen LogP) is 3.07. The summed E-state index contributed by atoms with van der Waals surface area (Å²) in [6.45, 7) is 1.93. The number of nitrogens with one attached hydrogen (secondary N) is 1. The first-order chi connectivity index (χ1) is 11.1. The lowest BCUT2D eigenvalue weighted by atomic mass is 10.1. The first kappa shape index (κ1) is 18.2. The van der Waals surface area contributed by atoms with Crippen LogP contribution in [0, 0.1) is 12.8 Å². The highest BCUT2D eigenvalue weighted by molar-refractivity contribution is 5.93. The Morgan fingerprint density at radius 2 is 2.04 bits per heavy atom. The molecule has 2 unspecified atom stereocenters. The second-order valence-corrected chi connectivity index (χ2v) is 5.87. The number of benzene rings is 1. The van der Waals surface area contributed by atoms with Gasteiger partial charge >= 0.3 is 6.01 Å². The van der Waals surface area contributed by atoms with Crippen molar-refractivity contribution >= 4 is 24.0 Å². The maximum absolute atomic E-state index is 12.3. The maximum Gasteiger partial charge on any atom is 0.321 e. The fourth-order valence-corrected chi connectivity index (χ4v) is 2.77. The summed E-state index contributed by atoms with van der Waals surface area (Å²) in [6.07, 6.45) is 5.78. The molecule has 24 heavy (non-hydrogen) atoms. The van der Waals surface area contributed by atoms with Crippen molar-refractivity contribution in [3.05, 3.63) is 42.2 Å². The first-order valence-corrected chi connectivity index (χ1v) is 7.74. The van der Waals surface area contributed by atoms with E-state index in [1.807, 2.05) is 19.1 Å². The molecule has 1 amide bonds. The number of hydrogen-bond acceptors (Lipinski definition) is 5. The summed E-state index contributed by atoms with van der Waals surface area (Å²) in [5, 5.41) is 2.98. The molecule has 3 rings (SSSR count). The van der Waals surface area contributed by atoms with E-state index in [9.17, 15) is 4.79 Å². The SMILES string of the molecule is Cc1cc(Oc2ncccn2)ccc1NC(=O)C1CCC(N)C1.Cl. The number of halogens is 1. The number of amides is 1. The summed E-state index contributed by atoms with van der Waals surface area (Å²) in [6, 6.07) is 7.65. The molecule has 128 valence electrons. The van der Waals surface area contributed by atoms with Crippen molar-refractivity contribution in [2.75, 3.05) is 5.32 Å². The van der Waals surface area contributed by atoms with Gasteiger partial charge in [-0.05, 0) is 56.0 Å². The lowest BCUT2D eigenvalue weighted by Gasteiger charge is -2.13. The van der Waals surface area contributed by atoms with Crippen LogP contribution in [0.2, 0.25) is 0 Å². The third kappa shape index (κ3) is 4.43. The van der Waals surface area contributed by atoms with E-state index in [1.54, 1.807) is 24.5 Å². The van der Waals surface area contributed by atoms with Crippen molar-refractivity contribution in [1.82, 2.24) is 9.97 Å². The molecule has 2 aromatic rings. The molecular weight excluding hydrogens is 328 g/mol. The Morgan fingerprint density at radius 1 is 1.29 bits per heavy atom. The predicted molar refractivity (Wildman–Crippen MR) is 94.5 cm³/mol. The normalized spacial score (nSPS) is 19.4. The number of nitrogens with zero attached hydrogens (tertiary/aromatic N) is 2. The number of aryl methyl sites for hydroxylation is 1. The number of anilines is 1. The minimum atomic E-state index is 0. The lowest BCUT2D eigenvalue weighted by Crippen LogP contribution is -2.23. The van der Waals surface area contributed by atoms with Gasteiger partial charge in [0.25, 0.3) is 0 Å². The largest absolute Gasteiger partial charge is 0.424 e. The van der Waals surface area contributed by atoms with Crippen molar-refractivity contribution in [3.63, 3.8) is 0 Å². The van der Waals surface area contributed by atoms with E-state index in [2.05, 4.69) is 15.3 Å². The monoisotopic (exact) mass is 348 g/mol. The smallest absolute Gasteiger partial charge is 0.321 e. The van der Waals surface area contributed by atoms with Gasteiger partial charge in [0.2, 0.25) is 5.91 Å². The van der Waals surface area contributed by atoms with Crippen LogP contribution in [-0.4, -0.2) is 21.9 Å². The highest BCUT2D eigenvalue weighted by atomic mass is 35.5. The maximum atomic E-state index is 12.3. The molecule has 0 saturated heterocycles. The van der Waals surface area contributed by atoms with Crippen LogP contribution in [0.4, 0.5) is 5.69 Å². The number of ether oxygens (including phenoxy) is 1. The molecule has 1 aromatic heterocycles. The minimum Gasteiger partial charge on any atom is -0.424 e. The highest BCUT2D eigenvalue weighted by Crippen LogP contribution is 2.28. The van der Waals surface area contributed by atoms with Crippen LogP contribution in [-0.2, 0) is 4.79 Å². The van der Waals surface area contributed by atoms with E-state index >= 15 is 0 Å². The molecule has 1 saturated carbocycles. The van der Waals surface area contributed by atoms with Crippen molar-refractivity contribution < 1.29 is 9.53 Å². The van der Waals surface area contributed by atoms with Gasteiger partial charge in [0.1, 0.15) is 5.75 Å². The summed E-state index contributed by atoms with van der Waals surface area (Å²) < 4.78 is 5.58. The molecule has 1 aliphatic carbocycles. The van der Waals surface area contributed by atoms with Gasteiger partial charge in [0.05, 0.1) is 0 Å². The Labute approximate surface area is 147 Å². The Hall–Kier alpha value is -2.18. The van der Waals surface area contributed by atoms with Crippen LogP contribution in [0.15, 0.2) is 36.7 Å². The van der Waals surface area contributed by atoms with Crippen LogP contribution >= 0.6 is 12.4 Å². The topological polar surface area (TPSA) is 90.1 Å². The third-order valence-corrected chi connectivity index (χ3v) is 4.05. The molecule has 6 nitrogen and oxygen atoms in total. The highest BCUT2D eigenvalue weighted by Gasteiger charge is 2.27. The van der Waals surface area contributed by atoms with Gasteiger partial charge in [-0.1, -0.05) is 0 Å². The summed E-state index contributed by atoms with van der Waals surface area (Å²) in [5.74, 6) is 0.689. The Kier molecular flexibility index (Phi) is 6.11. The molecule has 7 heteroatoms.